The second-order valence-corrected chi connectivity index (χ2v) is 9.75. The van der Waals surface area contributed by atoms with Crippen LogP contribution < -0.4 is 0 Å². The van der Waals surface area contributed by atoms with Crippen LogP contribution in [0, 0.1) is 0 Å². The van der Waals surface area contributed by atoms with Crippen molar-refractivity contribution in [2.75, 3.05) is 0 Å². The first-order chi connectivity index (χ1) is 19.8. The summed E-state index contributed by atoms with van der Waals surface area (Å²) in [5.41, 5.74) is 9.38. The highest BCUT2D eigenvalue weighted by Gasteiger charge is 2.19. The van der Waals surface area contributed by atoms with Gasteiger partial charge in [0.1, 0.15) is 11.4 Å². The lowest BCUT2D eigenvalue weighted by molar-refractivity contribution is 1.23. The second kappa shape index (κ2) is 9.03. The van der Waals surface area contributed by atoms with E-state index in [-0.39, 0.29) is 0 Å². The van der Waals surface area contributed by atoms with Gasteiger partial charge in [-0.3, -0.25) is 4.98 Å². The minimum absolute atomic E-state index is 0.701. The monoisotopic (exact) mass is 511 g/mol. The van der Waals surface area contributed by atoms with Crippen molar-refractivity contribution in [2.24, 2.45) is 0 Å². The highest BCUT2D eigenvalue weighted by Crippen LogP contribution is 2.36. The number of rotatable bonds is 3. The number of para-hydroxylation sites is 4. The summed E-state index contributed by atoms with van der Waals surface area (Å²) in [6.45, 7) is 0. The molecular weight excluding hydrogens is 490 g/mol. The quantitative estimate of drug-likeness (QED) is 0.239. The first kappa shape index (κ1) is 22.4. The number of fused-ring (bicyclic) bond motifs is 4. The lowest BCUT2D eigenvalue weighted by Gasteiger charge is -2.14. The van der Waals surface area contributed by atoms with Gasteiger partial charge in [-0.25, -0.2) is 19.9 Å². The fraction of sp³-hybridized carbons (Fsp3) is 0. The predicted molar refractivity (Wildman–Crippen MR) is 162 cm³/mol. The van der Waals surface area contributed by atoms with E-state index >= 15 is 0 Å². The van der Waals surface area contributed by atoms with Crippen LogP contribution in [-0.4, -0.2) is 24.9 Å². The molecule has 0 spiro atoms. The molecule has 0 atom stereocenters. The molecule has 40 heavy (non-hydrogen) atoms. The SMILES string of the molecule is c1ccc2nc(-c3nc4cccc(-c5ccnc6ccccc56)c4nc3-c3ccc4ccccc4n3)ccc2c1. The Labute approximate surface area is 229 Å². The van der Waals surface area contributed by atoms with Gasteiger partial charge in [-0.1, -0.05) is 78.9 Å². The van der Waals surface area contributed by atoms with Crippen molar-refractivity contribution < 1.29 is 0 Å². The van der Waals surface area contributed by atoms with E-state index < -0.39 is 0 Å². The summed E-state index contributed by atoms with van der Waals surface area (Å²) in [5, 5.41) is 3.23. The molecule has 0 bridgehead atoms. The number of pyridine rings is 3. The summed E-state index contributed by atoms with van der Waals surface area (Å²) < 4.78 is 0. The summed E-state index contributed by atoms with van der Waals surface area (Å²) in [6, 6.07) is 40.8. The van der Waals surface area contributed by atoms with Gasteiger partial charge in [0.15, 0.2) is 0 Å². The molecule has 4 aromatic carbocycles. The third kappa shape index (κ3) is 3.68. The summed E-state index contributed by atoms with van der Waals surface area (Å²) in [4.78, 5) is 25.1. The minimum Gasteiger partial charge on any atom is -0.256 e. The van der Waals surface area contributed by atoms with Crippen molar-refractivity contribution in [1.29, 1.82) is 0 Å². The van der Waals surface area contributed by atoms with E-state index in [9.17, 15) is 0 Å². The maximum absolute atomic E-state index is 5.31. The molecule has 8 aromatic rings. The molecule has 8 rings (SSSR count). The van der Waals surface area contributed by atoms with Crippen molar-refractivity contribution in [1.82, 2.24) is 24.9 Å². The minimum atomic E-state index is 0.701. The topological polar surface area (TPSA) is 64.5 Å². The van der Waals surface area contributed by atoms with Crippen LogP contribution in [0.1, 0.15) is 0 Å². The molecule has 4 aromatic heterocycles. The molecule has 0 saturated carbocycles. The number of nitrogens with zero attached hydrogens (tertiary/aromatic N) is 5. The van der Waals surface area contributed by atoms with E-state index in [1.54, 1.807) is 0 Å². The highest BCUT2D eigenvalue weighted by atomic mass is 14.9. The molecular formula is C35H21N5. The van der Waals surface area contributed by atoms with Crippen LogP contribution in [0.2, 0.25) is 0 Å². The Bertz CT molecular complexity index is 2230. The molecule has 4 heterocycles. The van der Waals surface area contributed by atoms with Crippen molar-refractivity contribution in [2.45, 2.75) is 0 Å². The second-order valence-electron chi connectivity index (χ2n) is 9.75. The first-order valence-corrected chi connectivity index (χ1v) is 13.2. The Balaban J connectivity index is 1.44. The Morgan fingerprint density at radius 3 is 1.70 bits per heavy atom. The molecule has 5 heteroatoms. The van der Waals surface area contributed by atoms with Crippen LogP contribution in [0.5, 0.6) is 0 Å². The third-order valence-corrected chi connectivity index (χ3v) is 7.32. The summed E-state index contributed by atoms with van der Waals surface area (Å²) in [6.07, 6.45) is 1.85. The molecule has 186 valence electrons. The molecule has 0 aliphatic carbocycles. The highest BCUT2D eigenvalue weighted by molar-refractivity contribution is 6.03. The van der Waals surface area contributed by atoms with Gasteiger partial charge in [0.2, 0.25) is 0 Å². The Hall–Kier alpha value is -5.55. The Kier molecular flexibility index (Phi) is 5.07. The summed E-state index contributed by atoms with van der Waals surface area (Å²) in [5.74, 6) is 0. The largest absolute Gasteiger partial charge is 0.256 e. The van der Waals surface area contributed by atoms with Crippen LogP contribution in [0.15, 0.2) is 128 Å². The molecule has 0 amide bonds. The van der Waals surface area contributed by atoms with Crippen LogP contribution in [0.4, 0.5) is 0 Å². The summed E-state index contributed by atoms with van der Waals surface area (Å²) in [7, 11) is 0. The fourth-order valence-electron chi connectivity index (χ4n) is 5.38. The Morgan fingerprint density at radius 2 is 0.975 bits per heavy atom. The van der Waals surface area contributed by atoms with Gasteiger partial charge in [0.25, 0.3) is 0 Å². The molecule has 0 saturated heterocycles. The van der Waals surface area contributed by atoms with Gasteiger partial charge < -0.3 is 0 Å². The number of benzene rings is 4. The van der Waals surface area contributed by atoms with Crippen LogP contribution in [-0.2, 0) is 0 Å². The lowest BCUT2D eigenvalue weighted by atomic mass is 9.99. The zero-order chi connectivity index (χ0) is 26.5. The van der Waals surface area contributed by atoms with Crippen molar-refractivity contribution in [3.8, 4) is 33.9 Å². The lowest BCUT2D eigenvalue weighted by Crippen LogP contribution is -2.00. The average Bonchev–Trinajstić information content (AvgIpc) is 3.03. The molecule has 0 aliphatic heterocycles. The maximum Gasteiger partial charge on any atom is 0.117 e. The first-order valence-electron chi connectivity index (χ1n) is 13.2. The molecule has 5 nitrogen and oxygen atoms in total. The average molecular weight is 512 g/mol. The maximum atomic E-state index is 5.31. The van der Waals surface area contributed by atoms with Crippen LogP contribution in [0.3, 0.4) is 0 Å². The summed E-state index contributed by atoms with van der Waals surface area (Å²) >= 11 is 0. The van der Waals surface area contributed by atoms with Gasteiger partial charge in [0, 0.05) is 27.9 Å². The third-order valence-electron chi connectivity index (χ3n) is 7.32. The molecule has 0 radical (unpaired) electrons. The van der Waals surface area contributed by atoms with E-state index in [4.69, 9.17) is 19.9 Å². The van der Waals surface area contributed by atoms with E-state index in [0.717, 1.165) is 66.3 Å². The van der Waals surface area contributed by atoms with Gasteiger partial charge in [-0.2, -0.15) is 0 Å². The normalized spacial score (nSPS) is 11.5. The van der Waals surface area contributed by atoms with E-state index in [2.05, 4.69) is 41.4 Å². The number of hydrogen-bond acceptors (Lipinski definition) is 5. The zero-order valence-electron chi connectivity index (χ0n) is 21.4. The van der Waals surface area contributed by atoms with Gasteiger partial charge in [-0.15, -0.1) is 0 Å². The fourth-order valence-corrected chi connectivity index (χ4v) is 5.38. The number of aromatic nitrogens is 5. The predicted octanol–water partition coefficient (Wildman–Crippen LogP) is 8.28. The van der Waals surface area contributed by atoms with Crippen molar-refractivity contribution in [3.63, 3.8) is 0 Å². The van der Waals surface area contributed by atoms with E-state index in [1.165, 1.54) is 0 Å². The van der Waals surface area contributed by atoms with Crippen LogP contribution in [0.25, 0.3) is 77.6 Å². The molecule has 0 fully saturated rings. The standard InChI is InChI=1S/C35H21N5/c1-4-12-27-22(8-1)16-18-31(37-27)34-35(32-19-17-23-9-2-5-13-28(23)38-32)40-33-26(11-7-15-30(33)39-34)24-20-21-36-29-14-6-3-10-25(24)29/h1-21H. The Morgan fingerprint density at radius 1 is 0.375 bits per heavy atom. The smallest absolute Gasteiger partial charge is 0.117 e. The molecule has 0 N–H and O–H groups in total. The van der Waals surface area contributed by atoms with Crippen molar-refractivity contribution >= 4 is 43.7 Å². The van der Waals surface area contributed by atoms with Gasteiger partial charge in [0.05, 0.1) is 39.0 Å². The molecule has 0 unspecified atom stereocenters. The molecule has 0 aliphatic rings. The zero-order valence-corrected chi connectivity index (χ0v) is 21.4. The van der Waals surface area contributed by atoms with Gasteiger partial charge in [-0.05, 0) is 48.0 Å². The van der Waals surface area contributed by atoms with Crippen LogP contribution >= 0.6 is 0 Å². The number of hydrogen-bond donors (Lipinski definition) is 0. The van der Waals surface area contributed by atoms with Gasteiger partial charge >= 0.3 is 0 Å². The van der Waals surface area contributed by atoms with E-state index in [0.29, 0.717) is 11.4 Å². The van der Waals surface area contributed by atoms with Crippen molar-refractivity contribution in [3.05, 3.63) is 128 Å². The van der Waals surface area contributed by atoms with E-state index in [1.807, 2.05) is 91.1 Å².